The van der Waals surface area contributed by atoms with Gasteiger partial charge in [-0.05, 0) is 24.1 Å². The largest absolute Gasteiger partial charge is 0.513 e. The van der Waals surface area contributed by atoms with Gasteiger partial charge in [0.2, 0.25) is 0 Å². The smallest absolute Gasteiger partial charge is 0.431 e. The number of para-hydroxylation sites is 1. The molecule has 0 saturated heterocycles. The highest BCUT2D eigenvalue weighted by molar-refractivity contribution is 5.63. The van der Waals surface area contributed by atoms with Crippen molar-refractivity contribution in [3.05, 3.63) is 66.2 Å². The number of hydrogen-bond donors (Lipinski definition) is 0. The SMILES string of the molecule is CCCOC(COC(=O)Oc1ccccc1)c1ccccc1. The number of ether oxygens (including phenoxy) is 3. The molecule has 2 aromatic rings. The minimum absolute atomic E-state index is 0.121. The molecule has 0 fully saturated rings. The zero-order chi connectivity index (χ0) is 15.6. The second kappa shape index (κ2) is 8.85. The van der Waals surface area contributed by atoms with Crippen molar-refractivity contribution in [3.8, 4) is 5.75 Å². The lowest BCUT2D eigenvalue weighted by atomic mass is 10.1. The van der Waals surface area contributed by atoms with Crippen LogP contribution in [0, 0.1) is 0 Å². The molecule has 0 aliphatic rings. The first-order valence-electron chi connectivity index (χ1n) is 7.35. The van der Waals surface area contributed by atoms with E-state index in [0.29, 0.717) is 12.4 Å². The normalized spacial score (nSPS) is 11.7. The van der Waals surface area contributed by atoms with Gasteiger partial charge in [-0.2, -0.15) is 0 Å². The fourth-order valence-corrected chi connectivity index (χ4v) is 1.93. The molecule has 0 aliphatic heterocycles. The van der Waals surface area contributed by atoms with E-state index in [-0.39, 0.29) is 12.7 Å². The van der Waals surface area contributed by atoms with Crippen molar-refractivity contribution < 1.29 is 19.0 Å². The summed E-state index contributed by atoms with van der Waals surface area (Å²) < 4.78 is 16.0. The van der Waals surface area contributed by atoms with E-state index in [1.165, 1.54) is 0 Å². The number of carbonyl (C=O) groups excluding carboxylic acids is 1. The molecule has 1 atom stereocenters. The molecule has 0 radical (unpaired) electrons. The lowest BCUT2D eigenvalue weighted by Crippen LogP contribution is -2.18. The van der Waals surface area contributed by atoms with Crippen LogP contribution in [0.2, 0.25) is 0 Å². The third-order valence-electron chi connectivity index (χ3n) is 2.99. The Morgan fingerprint density at radius 2 is 1.64 bits per heavy atom. The van der Waals surface area contributed by atoms with Gasteiger partial charge in [0, 0.05) is 6.61 Å². The predicted octanol–water partition coefficient (Wildman–Crippen LogP) is 4.37. The molecule has 0 amide bonds. The number of carbonyl (C=O) groups is 1. The number of benzene rings is 2. The Hall–Kier alpha value is -2.33. The Labute approximate surface area is 130 Å². The highest BCUT2D eigenvalue weighted by atomic mass is 16.7. The molecule has 2 rings (SSSR count). The van der Waals surface area contributed by atoms with Crippen LogP contribution in [0.1, 0.15) is 25.0 Å². The Morgan fingerprint density at radius 3 is 2.27 bits per heavy atom. The summed E-state index contributed by atoms with van der Waals surface area (Å²) in [4.78, 5) is 11.7. The Bertz CT molecular complexity index is 554. The van der Waals surface area contributed by atoms with Crippen molar-refractivity contribution in [1.29, 1.82) is 0 Å². The summed E-state index contributed by atoms with van der Waals surface area (Å²) in [5, 5.41) is 0. The minimum atomic E-state index is -0.729. The van der Waals surface area contributed by atoms with Crippen molar-refractivity contribution in [1.82, 2.24) is 0 Å². The summed E-state index contributed by atoms with van der Waals surface area (Å²) in [5.41, 5.74) is 0.975. The van der Waals surface area contributed by atoms with E-state index in [2.05, 4.69) is 0 Å². The first-order chi connectivity index (χ1) is 10.8. The number of rotatable bonds is 7. The fourth-order valence-electron chi connectivity index (χ4n) is 1.93. The standard InChI is InChI=1S/C18H20O4/c1-2-13-20-17(15-9-5-3-6-10-15)14-21-18(19)22-16-11-7-4-8-12-16/h3-12,17H,2,13-14H2,1H3. The first-order valence-corrected chi connectivity index (χ1v) is 7.35. The van der Waals surface area contributed by atoms with E-state index in [1.807, 2.05) is 43.3 Å². The summed E-state index contributed by atoms with van der Waals surface area (Å²) in [7, 11) is 0. The average Bonchev–Trinajstić information content (AvgIpc) is 2.57. The maximum atomic E-state index is 11.7. The van der Waals surface area contributed by atoms with Crippen molar-refractivity contribution >= 4 is 6.16 Å². The van der Waals surface area contributed by atoms with Gasteiger partial charge in [0.15, 0.2) is 0 Å². The van der Waals surface area contributed by atoms with E-state index in [4.69, 9.17) is 14.2 Å². The zero-order valence-electron chi connectivity index (χ0n) is 12.6. The molecular formula is C18H20O4. The molecule has 22 heavy (non-hydrogen) atoms. The van der Waals surface area contributed by atoms with Gasteiger partial charge in [0.05, 0.1) is 0 Å². The van der Waals surface area contributed by atoms with Crippen LogP contribution in [0.5, 0.6) is 5.75 Å². The highest BCUT2D eigenvalue weighted by Gasteiger charge is 2.15. The zero-order valence-corrected chi connectivity index (χ0v) is 12.6. The van der Waals surface area contributed by atoms with Gasteiger partial charge < -0.3 is 14.2 Å². The Kier molecular flexibility index (Phi) is 6.45. The van der Waals surface area contributed by atoms with Gasteiger partial charge in [0.25, 0.3) is 0 Å². The molecule has 1 unspecified atom stereocenters. The maximum Gasteiger partial charge on any atom is 0.513 e. The van der Waals surface area contributed by atoms with Crippen molar-refractivity contribution in [2.45, 2.75) is 19.4 Å². The quantitative estimate of drug-likeness (QED) is 0.562. The summed E-state index contributed by atoms with van der Waals surface area (Å²) >= 11 is 0. The van der Waals surface area contributed by atoms with Crippen LogP contribution in [-0.2, 0) is 9.47 Å². The Balaban J connectivity index is 1.89. The van der Waals surface area contributed by atoms with Gasteiger partial charge in [-0.3, -0.25) is 0 Å². The van der Waals surface area contributed by atoms with E-state index in [1.54, 1.807) is 24.3 Å². The second-order valence-electron chi connectivity index (χ2n) is 4.75. The molecule has 0 aromatic heterocycles. The summed E-state index contributed by atoms with van der Waals surface area (Å²) in [5.74, 6) is 0.457. The van der Waals surface area contributed by atoms with E-state index < -0.39 is 6.16 Å². The van der Waals surface area contributed by atoms with Gasteiger partial charge in [-0.15, -0.1) is 0 Å². The molecule has 116 valence electrons. The molecule has 0 bridgehead atoms. The third-order valence-corrected chi connectivity index (χ3v) is 2.99. The summed E-state index contributed by atoms with van der Waals surface area (Å²) in [6.45, 7) is 2.76. The van der Waals surface area contributed by atoms with E-state index in [0.717, 1.165) is 12.0 Å². The van der Waals surface area contributed by atoms with Gasteiger partial charge in [-0.1, -0.05) is 55.5 Å². The average molecular weight is 300 g/mol. The first kappa shape index (κ1) is 16.0. The maximum absolute atomic E-state index is 11.7. The molecular weight excluding hydrogens is 280 g/mol. The fraction of sp³-hybridized carbons (Fsp3) is 0.278. The lowest BCUT2D eigenvalue weighted by Gasteiger charge is -2.17. The third kappa shape index (κ3) is 5.22. The molecule has 0 aliphatic carbocycles. The molecule has 0 N–H and O–H groups in total. The summed E-state index contributed by atoms with van der Waals surface area (Å²) in [6.07, 6.45) is -0.116. The van der Waals surface area contributed by atoms with Crippen LogP contribution in [0.3, 0.4) is 0 Å². The van der Waals surface area contributed by atoms with Gasteiger partial charge >= 0.3 is 6.16 Å². The predicted molar refractivity (Wildman–Crippen MR) is 83.8 cm³/mol. The monoisotopic (exact) mass is 300 g/mol. The van der Waals surface area contributed by atoms with Crippen molar-refractivity contribution in [3.63, 3.8) is 0 Å². The highest BCUT2D eigenvalue weighted by Crippen LogP contribution is 2.18. The second-order valence-corrected chi connectivity index (χ2v) is 4.75. The van der Waals surface area contributed by atoms with Crippen LogP contribution in [0.4, 0.5) is 4.79 Å². The molecule has 2 aromatic carbocycles. The van der Waals surface area contributed by atoms with Gasteiger partial charge in [0.1, 0.15) is 18.5 Å². The molecule has 0 spiro atoms. The van der Waals surface area contributed by atoms with Crippen LogP contribution in [-0.4, -0.2) is 19.4 Å². The topological polar surface area (TPSA) is 44.8 Å². The van der Waals surface area contributed by atoms with Crippen LogP contribution in [0.15, 0.2) is 60.7 Å². The van der Waals surface area contributed by atoms with Crippen molar-refractivity contribution in [2.75, 3.05) is 13.2 Å². The molecule has 4 nitrogen and oxygen atoms in total. The summed E-state index contributed by atoms with van der Waals surface area (Å²) in [6, 6.07) is 18.5. The molecule has 4 heteroatoms. The molecule has 0 heterocycles. The van der Waals surface area contributed by atoms with Crippen LogP contribution < -0.4 is 4.74 Å². The van der Waals surface area contributed by atoms with Crippen LogP contribution >= 0.6 is 0 Å². The van der Waals surface area contributed by atoms with Gasteiger partial charge in [-0.25, -0.2) is 4.79 Å². The number of hydrogen-bond acceptors (Lipinski definition) is 4. The minimum Gasteiger partial charge on any atom is -0.431 e. The lowest BCUT2D eigenvalue weighted by molar-refractivity contribution is -0.00603. The van der Waals surface area contributed by atoms with E-state index >= 15 is 0 Å². The Morgan fingerprint density at radius 1 is 1.00 bits per heavy atom. The van der Waals surface area contributed by atoms with Crippen molar-refractivity contribution in [2.24, 2.45) is 0 Å². The molecule has 0 saturated carbocycles. The van der Waals surface area contributed by atoms with Crippen LogP contribution in [0.25, 0.3) is 0 Å². The van der Waals surface area contributed by atoms with E-state index in [9.17, 15) is 4.79 Å².